The molecule has 3 aromatic rings. The van der Waals surface area contributed by atoms with Gasteiger partial charge in [0, 0.05) is 6.92 Å². The second-order valence-electron chi connectivity index (χ2n) is 5.04. The van der Waals surface area contributed by atoms with Gasteiger partial charge in [-0.05, 0) is 29.8 Å². The van der Waals surface area contributed by atoms with Crippen molar-refractivity contribution < 1.29 is 9.53 Å². The molecule has 5 nitrogen and oxygen atoms in total. The fraction of sp³-hybridized carbons (Fsp3) is 0.176. The molecule has 0 radical (unpaired) electrons. The number of methoxy groups -OCH3 is 1. The molecule has 0 aliphatic rings. The lowest BCUT2D eigenvalue weighted by molar-refractivity contribution is -0.114. The monoisotopic (exact) mass is 295 g/mol. The number of imidazole rings is 1. The molecule has 1 amide bonds. The lowest BCUT2D eigenvalue weighted by Crippen LogP contribution is -2.12. The van der Waals surface area contributed by atoms with Gasteiger partial charge in [0.25, 0.3) is 0 Å². The first-order valence-corrected chi connectivity index (χ1v) is 7.03. The van der Waals surface area contributed by atoms with E-state index in [1.165, 1.54) is 6.92 Å². The van der Waals surface area contributed by atoms with E-state index in [4.69, 9.17) is 4.74 Å². The summed E-state index contributed by atoms with van der Waals surface area (Å²) < 4.78 is 7.25. The maximum absolute atomic E-state index is 11.4. The van der Waals surface area contributed by atoms with Crippen LogP contribution in [0.3, 0.4) is 0 Å². The van der Waals surface area contributed by atoms with E-state index in [-0.39, 0.29) is 5.91 Å². The van der Waals surface area contributed by atoms with Crippen molar-refractivity contribution in [2.24, 2.45) is 0 Å². The average molecular weight is 295 g/mol. The number of hydrogen-bond acceptors (Lipinski definition) is 3. The summed E-state index contributed by atoms with van der Waals surface area (Å²) in [5.74, 6) is 1.22. The lowest BCUT2D eigenvalue weighted by atomic mass is 10.2. The van der Waals surface area contributed by atoms with Gasteiger partial charge in [0.15, 0.2) is 0 Å². The van der Waals surface area contributed by atoms with E-state index < -0.39 is 0 Å². The van der Waals surface area contributed by atoms with E-state index in [0.717, 1.165) is 22.3 Å². The number of nitrogens with one attached hydrogen (secondary N) is 1. The molecule has 0 bridgehead atoms. The third kappa shape index (κ3) is 2.79. The van der Waals surface area contributed by atoms with Gasteiger partial charge < -0.3 is 9.30 Å². The highest BCUT2D eigenvalue weighted by Crippen LogP contribution is 2.22. The number of hydrogen-bond donors (Lipinski definition) is 1. The van der Waals surface area contributed by atoms with E-state index in [1.807, 2.05) is 53.1 Å². The number of fused-ring (bicyclic) bond motifs is 1. The molecule has 1 N–H and O–H groups in total. The van der Waals surface area contributed by atoms with Crippen molar-refractivity contribution in [3.63, 3.8) is 0 Å². The Hall–Kier alpha value is -2.82. The van der Waals surface area contributed by atoms with Gasteiger partial charge in [-0.15, -0.1) is 0 Å². The highest BCUT2D eigenvalue weighted by molar-refractivity contribution is 5.89. The van der Waals surface area contributed by atoms with Crippen LogP contribution in [-0.4, -0.2) is 22.6 Å². The van der Waals surface area contributed by atoms with Crippen LogP contribution in [0.5, 0.6) is 5.75 Å². The predicted molar refractivity (Wildman–Crippen MR) is 86.1 cm³/mol. The van der Waals surface area contributed by atoms with Crippen LogP contribution in [0, 0.1) is 0 Å². The zero-order valence-corrected chi connectivity index (χ0v) is 12.5. The quantitative estimate of drug-likeness (QED) is 0.805. The maximum atomic E-state index is 11.4. The summed E-state index contributed by atoms with van der Waals surface area (Å²) in [4.78, 5) is 15.9. The Bertz CT molecular complexity index is 824. The summed E-state index contributed by atoms with van der Waals surface area (Å²) in [6, 6.07) is 15.7. The first-order valence-electron chi connectivity index (χ1n) is 7.03. The molecule has 0 spiro atoms. The van der Waals surface area contributed by atoms with Crippen LogP contribution in [0.4, 0.5) is 5.95 Å². The minimum atomic E-state index is -0.137. The molecule has 0 aliphatic heterocycles. The number of carbonyl (C=O) groups excluding carboxylic acids is 1. The van der Waals surface area contributed by atoms with E-state index >= 15 is 0 Å². The molecule has 0 unspecified atom stereocenters. The maximum Gasteiger partial charge on any atom is 0.223 e. The fourth-order valence-electron chi connectivity index (χ4n) is 2.44. The predicted octanol–water partition coefficient (Wildman–Crippen LogP) is 3.05. The third-order valence-corrected chi connectivity index (χ3v) is 3.42. The van der Waals surface area contributed by atoms with Crippen LogP contribution in [0.1, 0.15) is 12.5 Å². The number of aromatic nitrogens is 2. The molecule has 22 heavy (non-hydrogen) atoms. The van der Waals surface area contributed by atoms with Crippen LogP contribution < -0.4 is 10.1 Å². The average Bonchev–Trinajstić information content (AvgIpc) is 2.84. The molecule has 0 saturated heterocycles. The third-order valence-electron chi connectivity index (χ3n) is 3.42. The van der Waals surface area contributed by atoms with Crippen LogP contribution >= 0.6 is 0 Å². The molecule has 2 aromatic carbocycles. The zero-order chi connectivity index (χ0) is 15.5. The van der Waals surface area contributed by atoms with Crippen molar-refractivity contribution >= 4 is 22.9 Å². The van der Waals surface area contributed by atoms with E-state index in [0.29, 0.717) is 12.5 Å². The number of anilines is 1. The Morgan fingerprint density at radius 1 is 1.23 bits per heavy atom. The molecule has 0 aliphatic carbocycles. The summed E-state index contributed by atoms with van der Waals surface area (Å²) in [5, 5.41) is 2.79. The second-order valence-corrected chi connectivity index (χ2v) is 5.04. The molecule has 0 atom stereocenters. The minimum absolute atomic E-state index is 0.137. The van der Waals surface area contributed by atoms with Crippen LogP contribution in [0.25, 0.3) is 11.0 Å². The molecule has 0 fully saturated rings. The Morgan fingerprint density at radius 2 is 2.05 bits per heavy atom. The van der Waals surface area contributed by atoms with Gasteiger partial charge >= 0.3 is 0 Å². The summed E-state index contributed by atoms with van der Waals surface area (Å²) in [7, 11) is 1.65. The Labute approximate surface area is 128 Å². The van der Waals surface area contributed by atoms with E-state index in [1.54, 1.807) is 7.11 Å². The van der Waals surface area contributed by atoms with Crippen molar-refractivity contribution in [2.75, 3.05) is 12.4 Å². The van der Waals surface area contributed by atoms with E-state index in [2.05, 4.69) is 10.3 Å². The van der Waals surface area contributed by atoms with Crippen LogP contribution in [-0.2, 0) is 11.3 Å². The SMILES string of the molecule is COc1cccc(Cn2c(NC(C)=O)nc3ccccc32)c1. The zero-order valence-electron chi connectivity index (χ0n) is 12.5. The Balaban J connectivity index is 2.05. The van der Waals surface area contributed by atoms with Crippen molar-refractivity contribution in [1.82, 2.24) is 9.55 Å². The minimum Gasteiger partial charge on any atom is -0.497 e. The number of carbonyl (C=O) groups is 1. The first-order chi connectivity index (χ1) is 10.7. The van der Waals surface area contributed by atoms with Crippen molar-refractivity contribution in [1.29, 1.82) is 0 Å². The summed E-state index contributed by atoms with van der Waals surface area (Å²) >= 11 is 0. The normalized spacial score (nSPS) is 10.6. The smallest absolute Gasteiger partial charge is 0.223 e. The highest BCUT2D eigenvalue weighted by Gasteiger charge is 2.12. The standard InChI is InChI=1S/C17H17N3O2/c1-12(21)18-17-19-15-8-3-4-9-16(15)20(17)11-13-6-5-7-14(10-13)22-2/h3-10H,11H2,1-2H3,(H,18,19,21). The molecular weight excluding hydrogens is 278 g/mol. The summed E-state index contributed by atoms with van der Waals surface area (Å²) in [6.07, 6.45) is 0. The van der Waals surface area contributed by atoms with Crippen molar-refractivity contribution in [3.8, 4) is 5.75 Å². The van der Waals surface area contributed by atoms with Crippen LogP contribution in [0.2, 0.25) is 0 Å². The second kappa shape index (κ2) is 5.89. The number of nitrogens with zero attached hydrogens (tertiary/aromatic N) is 2. The fourth-order valence-corrected chi connectivity index (χ4v) is 2.44. The van der Waals surface area contributed by atoms with Gasteiger partial charge in [-0.2, -0.15) is 0 Å². The van der Waals surface area contributed by atoms with Gasteiger partial charge in [-0.25, -0.2) is 4.98 Å². The molecular formula is C17H17N3O2. The summed E-state index contributed by atoms with van der Waals surface area (Å²) in [5.41, 5.74) is 2.91. The highest BCUT2D eigenvalue weighted by atomic mass is 16.5. The number of ether oxygens (including phenoxy) is 1. The number of para-hydroxylation sites is 2. The number of benzene rings is 2. The van der Waals surface area contributed by atoms with Gasteiger partial charge in [0.2, 0.25) is 11.9 Å². The molecule has 1 aromatic heterocycles. The molecule has 0 saturated carbocycles. The Morgan fingerprint density at radius 3 is 2.82 bits per heavy atom. The van der Waals surface area contributed by atoms with Crippen molar-refractivity contribution in [2.45, 2.75) is 13.5 Å². The number of rotatable bonds is 4. The van der Waals surface area contributed by atoms with Crippen molar-refractivity contribution in [3.05, 3.63) is 54.1 Å². The van der Waals surface area contributed by atoms with Gasteiger partial charge in [0.1, 0.15) is 5.75 Å². The topological polar surface area (TPSA) is 56.1 Å². The molecule has 1 heterocycles. The Kier molecular flexibility index (Phi) is 3.78. The van der Waals surface area contributed by atoms with Gasteiger partial charge in [-0.1, -0.05) is 24.3 Å². The largest absolute Gasteiger partial charge is 0.497 e. The van der Waals surface area contributed by atoms with E-state index in [9.17, 15) is 4.79 Å². The first kappa shape index (κ1) is 14.1. The number of amides is 1. The molecule has 3 rings (SSSR count). The molecule has 5 heteroatoms. The van der Waals surface area contributed by atoms with Gasteiger partial charge in [0.05, 0.1) is 24.7 Å². The summed E-state index contributed by atoms with van der Waals surface area (Å²) in [6.45, 7) is 2.09. The molecule has 112 valence electrons. The van der Waals surface area contributed by atoms with Crippen LogP contribution in [0.15, 0.2) is 48.5 Å². The lowest BCUT2D eigenvalue weighted by Gasteiger charge is -2.10. The van der Waals surface area contributed by atoms with Gasteiger partial charge in [-0.3, -0.25) is 10.1 Å².